The summed E-state index contributed by atoms with van der Waals surface area (Å²) in [5.74, 6) is 0.980. The summed E-state index contributed by atoms with van der Waals surface area (Å²) in [7, 11) is 1.72. The maximum atomic E-state index is 4.98. The van der Waals surface area contributed by atoms with E-state index in [1.807, 2.05) is 0 Å². The monoisotopic (exact) mass is 185 g/mol. The average molecular weight is 185 g/mol. The third-order valence-corrected chi connectivity index (χ3v) is 3.07. The van der Waals surface area contributed by atoms with Gasteiger partial charge in [-0.25, -0.2) is 0 Å². The van der Waals surface area contributed by atoms with Gasteiger partial charge in [0.05, 0.1) is 7.11 Å². The molecule has 0 aromatic heterocycles. The first kappa shape index (κ1) is 11.0. The van der Waals surface area contributed by atoms with Gasteiger partial charge in [-0.3, -0.25) is 0 Å². The van der Waals surface area contributed by atoms with Crippen molar-refractivity contribution in [3.05, 3.63) is 0 Å². The van der Waals surface area contributed by atoms with E-state index in [0.717, 1.165) is 5.92 Å². The van der Waals surface area contributed by atoms with E-state index >= 15 is 0 Å². The van der Waals surface area contributed by atoms with E-state index in [1.165, 1.54) is 44.9 Å². The molecule has 0 radical (unpaired) electrons. The molecule has 1 aliphatic carbocycles. The first-order chi connectivity index (χ1) is 6.36. The molecule has 2 atom stereocenters. The first-order valence-corrected chi connectivity index (χ1v) is 5.65. The third kappa shape index (κ3) is 4.10. The van der Waals surface area contributed by atoms with Crippen LogP contribution >= 0.6 is 0 Å². The van der Waals surface area contributed by atoms with Crippen LogP contribution in [0.3, 0.4) is 0 Å². The van der Waals surface area contributed by atoms with Crippen LogP contribution in [0.1, 0.15) is 51.9 Å². The second-order valence-corrected chi connectivity index (χ2v) is 4.18. The molecule has 1 saturated carbocycles. The fraction of sp³-hybridized carbons (Fsp3) is 1.00. The lowest BCUT2D eigenvalue weighted by atomic mass is 9.95. The molecule has 1 rings (SSSR count). The van der Waals surface area contributed by atoms with Gasteiger partial charge in [0.2, 0.25) is 0 Å². The zero-order valence-electron chi connectivity index (χ0n) is 9.01. The molecule has 0 aromatic rings. The number of hydrogen-bond donors (Lipinski definition) is 1. The minimum Gasteiger partial charge on any atom is -0.305 e. The van der Waals surface area contributed by atoms with Crippen molar-refractivity contribution in [3.63, 3.8) is 0 Å². The van der Waals surface area contributed by atoms with E-state index in [4.69, 9.17) is 4.84 Å². The molecule has 0 aliphatic heterocycles. The summed E-state index contributed by atoms with van der Waals surface area (Å²) >= 11 is 0. The Morgan fingerprint density at radius 3 is 2.77 bits per heavy atom. The second-order valence-electron chi connectivity index (χ2n) is 4.18. The van der Waals surface area contributed by atoms with E-state index in [9.17, 15) is 0 Å². The van der Waals surface area contributed by atoms with Gasteiger partial charge in [-0.2, -0.15) is 5.48 Å². The largest absolute Gasteiger partial charge is 0.305 e. The predicted octanol–water partition coefficient (Wildman–Crippen LogP) is 2.89. The van der Waals surface area contributed by atoms with Crippen molar-refractivity contribution < 1.29 is 4.84 Å². The lowest BCUT2D eigenvalue weighted by Gasteiger charge is -2.14. The molecule has 1 fully saturated rings. The van der Waals surface area contributed by atoms with Crippen molar-refractivity contribution in [1.29, 1.82) is 0 Å². The van der Waals surface area contributed by atoms with Gasteiger partial charge in [-0.05, 0) is 25.2 Å². The molecule has 0 amide bonds. The van der Waals surface area contributed by atoms with Crippen LogP contribution in [-0.2, 0) is 4.84 Å². The van der Waals surface area contributed by atoms with Gasteiger partial charge in [0.25, 0.3) is 0 Å². The maximum Gasteiger partial charge on any atom is 0.0572 e. The summed E-state index contributed by atoms with van der Waals surface area (Å²) in [6.45, 7) is 2.29. The fourth-order valence-corrected chi connectivity index (χ4v) is 2.36. The predicted molar refractivity (Wildman–Crippen MR) is 55.4 cm³/mol. The molecule has 0 heterocycles. The highest BCUT2D eigenvalue weighted by molar-refractivity contribution is 4.72. The number of hydrogen-bond acceptors (Lipinski definition) is 2. The summed E-state index contributed by atoms with van der Waals surface area (Å²) in [6.07, 6.45) is 9.51. The number of rotatable bonds is 4. The Labute approximate surface area is 82.0 Å². The van der Waals surface area contributed by atoms with Crippen LogP contribution in [0.15, 0.2) is 0 Å². The number of nitrogens with one attached hydrogen (secondary N) is 1. The summed E-state index contributed by atoms with van der Waals surface area (Å²) in [5.41, 5.74) is 3.09. The molecule has 78 valence electrons. The molecule has 2 unspecified atom stereocenters. The molecule has 0 spiro atoms. The Kier molecular flexibility index (Phi) is 5.40. The average Bonchev–Trinajstić information content (AvgIpc) is 2.33. The van der Waals surface area contributed by atoms with Crippen LogP contribution in [0.4, 0.5) is 0 Å². The Bertz CT molecular complexity index is 113. The summed E-state index contributed by atoms with van der Waals surface area (Å²) < 4.78 is 0. The van der Waals surface area contributed by atoms with Gasteiger partial charge in [0, 0.05) is 6.04 Å². The molecule has 0 bridgehead atoms. The van der Waals surface area contributed by atoms with Crippen molar-refractivity contribution in [2.24, 2.45) is 5.92 Å². The number of hydroxylamine groups is 1. The van der Waals surface area contributed by atoms with E-state index < -0.39 is 0 Å². The summed E-state index contributed by atoms with van der Waals surface area (Å²) in [4.78, 5) is 4.98. The zero-order chi connectivity index (χ0) is 9.52. The lowest BCUT2D eigenvalue weighted by molar-refractivity contribution is 0.0557. The highest BCUT2D eigenvalue weighted by Crippen LogP contribution is 2.26. The van der Waals surface area contributed by atoms with Crippen LogP contribution < -0.4 is 5.48 Å². The highest BCUT2D eigenvalue weighted by Gasteiger charge is 2.17. The van der Waals surface area contributed by atoms with Crippen LogP contribution in [0.2, 0.25) is 0 Å². The SMILES string of the molecule is CCCC1CCCC(NOC)CC1. The van der Waals surface area contributed by atoms with E-state index in [0.29, 0.717) is 6.04 Å². The second kappa shape index (κ2) is 6.39. The van der Waals surface area contributed by atoms with Crippen molar-refractivity contribution >= 4 is 0 Å². The van der Waals surface area contributed by atoms with Gasteiger partial charge in [0.15, 0.2) is 0 Å². The third-order valence-electron chi connectivity index (χ3n) is 3.07. The summed E-state index contributed by atoms with van der Waals surface area (Å²) in [5, 5.41) is 0. The Morgan fingerprint density at radius 1 is 1.23 bits per heavy atom. The zero-order valence-corrected chi connectivity index (χ0v) is 9.01. The van der Waals surface area contributed by atoms with E-state index in [1.54, 1.807) is 7.11 Å². The highest BCUT2D eigenvalue weighted by atomic mass is 16.6. The van der Waals surface area contributed by atoms with Gasteiger partial charge in [-0.15, -0.1) is 0 Å². The normalized spacial score (nSPS) is 30.0. The van der Waals surface area contributed by atoms with Gasteiger partial charge in [-0.1, -0.05) is 32.6 Å². The topological polar surface area (TPSA) is 21.3 Å². The molecule has 1 N–H and O–H groups in total. The molecule has 0 saturated heterocycles. The minimum absolute atomic E-state index is 0.604. The van der Waals surface area contributed by atoms with Gasteiger partial charge < -0.3 is 4.84 Å². The fourth-order valence-electron chi connectivity index (χ4n) is 2.36. The molecule has 2 nitrogen and oxygen atoms in total. The molecule has 2 heteroatoms. The van der Waals surface area contributed by atoms with Crippen LogP contribution in [-0.4, -0.2) is 13.2 Å². The maximum absolute atomic E-state index is 4.98. The van der Waals surface area contributed by atoms with Crippen LogP contribution in [0.25, 0.3) is 0 Å². The standard InChI is InChI=1S/C11H23NO/c1-3-5-10-6-4-7-11(9-8-10)12-13-2/h10-12H,3-9H2,1-2H3. The van der Waals surface area contributed by atoms with E-state index in [2.05, 4.69) is 12.4 Å². The molecule has 0 aromatic carbocycles. The molecule has 13 heavy (non-hydrogen) atoms. The van der Waals surface area contributed by atoms with Crippen molar-refractivity contribution in [2.45, 2.75) is 57.9 Å². The van der Waals surface area contributed by atoms with Gasteiger partial charge in [0.1, 0.15) is 0 Å². The quantitative estimate of drug-likeness (QED) is 0.537. The van der Waals surface area contributed by atoms with Gasteiger partial charge >= 0.3 is 0 Å². The van der Waals surface area contributed by atoms with Crippen LogP contribution in [0, 0.1) is 5.92 Å². The molecule has 1 aliphatic rings. The minimum atomic E-state index is 0.604. The first-order valence-electron chi connectivity index (χ1n) is 5.65. The summed E-state index contributed by atoms with van der Waals surface area (Å²) in [6, 6.07) is 0.604. The van der Waals surface area contributed by atoms with Crippen molar-refractivity contribution in [1.82, 2.24) is 5.48 Å². The Morgan fingerprint density at radius 2 is 2.08 bits per heavy atom. The van der Waals surface area contributed by atoms with Crippen molar-refractivity contribution in [2.75, 3.05) is 7.11 Å². The lowest BCUT2D eigenvalue weighted by Crippen LogP contribution is -2.27. The Hall–Kier alpha value is -0.0800. The molecular weight excluding hydrogens is 162 g/mol. The van der Waals surface area contributed by atoms with E-state index in [-0.39, 0.29) is 0 Å². The van der Waals surface area contributed by atoms with Crippen molar-refractivity contribution in [3.8, 4) is 0 Å². The van der Waals surface area contributed by atoms with Crippen LogP contribution in [0.5, 0.6) is 0 Å². The smallest absolute Gasteiger partial charge is 0.0572 e. The molecular formula is C11H23NO. The Balaban J connectivity index is 2.22.